The molecule has 0 unspecified atom stereocenters. The average Bonchev–Trinajstić information content (AvgIpc) is 3.34. The predicted octanol–water partition coefficient (Wildman–Crippen LogP) is 6.47. The molecule has 0 atom stereocenters. The van der Waals surface area contributed by atoms with Gasteiger partial charge in [0.2, 0.25) is 0 Å². The van der Waals surface area contributed by atoms with Crippen molar-refractivity contribution in [3.63, 3.8) is 0 Å². The second kappa shape index (κ2) is 9.07. The zero-order valence-corrected chi connectivity index (χ0v) is 18.8. The van der Waals surface area contributed by atoms with Crippen molar-refractivity contribution in [2.24, 2.45) is 0 Å². The third-order valence-electron chi connectivity index (χ3n) is 5.44. The average molecular weight is 503 g/mol. The largest absolute Gasteiger partial charge is 0.506 e. The first kappa shape index (κ1) is 22.9. The van der Waals surface area contributed by atoms with Gasteiger partial charge in [-0.25, -0.2) is 0 Å². The molecule has 0 saturated carbocycles. The summed E-state index contributed by atoms with van der Waals surface area (Å²) in [4.78, 5) is 0. The minimum absolute atomic E-state index is 0.0119. The number of hydrogen-bond acceptors (Lipinski definition) is 5. The van der Waals surface area contributed by atoms with Crippen molar-refractivity contribution in [1.82, 2.24) is 10.2 Å². The highest BCUT2D eigenvalue weighted by Crippen LogP contribution is 2.46. The van der Waals surface area contributed by atoms with E-state index in [2.05, 4.69) is 10.2 Å². The molecule has 3 aromatic carbocycles. The van der Waals surface area contributed by atoms with Crippen molar-refractivity contribution in [1.29, 1.82) is 0 Å². The molecular weight excluding hydrogens is 485 g/mol. The molecule has 180 valence electrons. The van der Waals surface area contributed by atoms with Crippen LogP contribution in [0.1, 0.15) is 11.3 Å². The van der Waals surface area contributed by atoms with Gasteiger partial charge in [-0.05, 0) is 53.6 Å². The molecule has 1 aliphatic heterocycles. The first-order valence-corrected chi connectivity index (χ1v) is 10.9. The lowest BCUT2D eigenvalue weighted by Crippen LogP contribution is -2.15. The lowest BCUT2D eigenvalue weighted by atomic mass is 9.98. The molecule has 0 fully saturated rings. The van der Waals surface area contributed by atoms with Gasteiger partial charge in [0, 0.05) is 10.6 Å². The number of nitrogens with one attached hydrogen (secondary N) is 1. The molecule has 0 spiro atoms. The lowest BCUT2D eigenvalue weighted by molar-refractivity contribution is -0.141. The van der Waals surface area contributed by atoms with Crippen LogP contribution in [0.15, 0.2) is 60.7 Å². The summed E-state index contributed by atoms with van der Waals surface area (Å²) in [6.45, 7) is 0.969. The number of phenols is 1. The van der Waals surface area contributed by atoms with Crippen molar-refractivity contribution < 1.29 is 32.5 Å². The van der Waals surface area contributed by atoms with Crippen LogP contribution in [0.25, 0.3) is 22.4 Å². The summed E-state index contributed by atoms with van der Waals surface area (Å²) in [6.07, 6.45) is -4.62. The first-order valence-electron chi connectivity index (χ1n) is 10.6. The number of rotatable bonds is 5. The number of aromatic hydroxyl groups is 1. The van der Waals surface area contributed by atoms with E-state index in [1.807, 2.05) is 12.1 Å². The number of nitrogens with zero attached hydrogens (tertiary/aromatic N) is 1. The number of phenolic OH excluding ortho intramolecular Hbond substituents is 1. The number of ether oxygens (including phenoxy) is 3. The molecule has 0 aliphatic carbocycles. The quantitative estimate of drug-likeness (QED) is 0.327. The normalized spacial score (nSPS) is 13.0. The zero-order chi connectivity index (χ0) is 24.6. The van der Waals surface area contributed by atoms with Crippen molar-refractivity contribution in [2.45, 2.75) is 12.8 Å². The second-order valence-electron chi connectivity index (χ2n) is 7.77. The summed E-state index contributed by atoms with van der Waals surface area (Å²) >= 11 is 5.94. The zero-order valence-electron chi connectivity index (χ0n) is 18.0. The maximum atomic E-state index is 13.1. The fourth-order valence-corrected chi connectivity index (χ4v) is 3.86. The molecule has 35 heavy (non-hydrogen) atoms. The fraction of sp³-hybridized carbons (Fsp3) is 0.160. The Kier molecular flexibility index (Phi) is 5.94. The van der Waals surface area contributed by atoms with E-state index < -0.39 is 11.9 Å². The van der Waals surface area contributed by atoms with Crippen molar-refractivity contribution in [2.75, 3.05) is 13.2 Å². The van der Waals surface area contributed by atoms with Gasteiger partial charge in [0.15, 0.2) is 17.2 Å². The van der Waals surface area contributed by atoms with Gasteiger partial charge in [-0.1, -0.05) is 29.8 Å². The maximum absolute atomic E-state index is 13.1. The summed E-state index contributed by atoms with van der Waals surface area (Å²) in [7, 11) is 0. The van der Waals surface area contributed by atoms with Gasteiger partial charge in [-0.15, -0.1) is 0 Å². The molecule has 2 heterocycles. The van der Waals surface area contributed by atoms with Crippen molar-refractivity contribution in [3.8, 4) is 45.4 Å². The molecule has 6 nitrogen and oxygen atoms in total. The van der Waals surface area contributed by atoms with E-state index in [1.165, 1.54) is 6.07 Å². The van der Waals surface area contributed by atoms with Crippen LogP contribution >= 0.6 is 11.6 Å². The smallest absolute Gasteiger partial charge is 0.435 e. The number of alkyl halides is 3. The van der Waals surface area contributed by atoms with Crippen LogP contribution in [0, 0.1) is 0 Å². The van der Waals surface area contributed by atoms with Gasteiger partial charge in [0.1, 0.15) is 31.3 Å². The van der Waals surface area contributed by atoms with E-state index in [4.69, 9.17) is 25.8 Å². The Hall–Kier alpha value is -3.85. The van der Waals surface area contributed by atoms with E-state index in [9.17, 15) is 18.3 Å². The Morgan fingerprint density at radius 3 is 2.43 bits per heavy atom. The van der Waals surface area contributed by atoms with Crippen molar-refractivity contribution >= 4 is 11.6 Å². The van der Waals surface area contributed by atoms with Gasteiger partial charge >= 0.3 is 6.18 Å². The Morgan fingerprint density at radius 1 is 0.971 bits per heavy atom. The highest BCUT2D eigenvalue weighted by molar-refractivity contribution is 6.30. The summed E-state index contributed by atoms with van der Waals surface area (Å²) < 4.78 is 56.5. The number of benzene rings is 3. The van der Waals surface area contributed by atoms with Gasteiger partial charge in [0.25, 0.3) is 0 Å². The number of aromatic amines is 1. The highest BCUT2D eigenvalue weighted by Gasteiger charge is 2.34. The number of hydrogen-bond donors (Lipinski definition) is 2. The van der Waals surface area contributed by atoms with Gasteiger partial charge in [-0.2, -0.15) is 18.3 Å². The van der Waals surface area contributed by atoms with Crippen LogP contribution in [0.2, 0.25) is 5.02 Å². The Morgan fingerprint density at radius 2 is 1.71 bits per heavy atom. The second-order valence-corrected chi connectivity index (χ2v) is 8.21. The molecule has 0 amide bonds. The molecule has 0 radical (unpaired) electrons. The third-order valence-corrected chi connectivity index (χ3v) is 5.69. The van der Waals surface area contributed by atoms with E-state index in [0.29, 0.717) is 41.0 Å². The predicted molar refractivity (Wildman–Crippen MR) is 123 cm³/mol. The Balaban J connectivity index is 1.58. The highest BCUT2D eigenvalue weighted by atomic mass is 35.5. The molecule has 1 aromatic heterocycles. The molecule has 2 N–H and O–H groups in total. The Labute approximate surface area is 202 Å². The van der Waals surface area contributed by atoms with Crippen LogP contribution in [0.4, 0.5) is 13.2 Å². The van der Waals surface area contributed by atoms with Gasteiger partial charge in [0.05, 0.1) is 11.3 Å². The van der Waals surface area contributed by atoms with E-state index in [-0.39, 0.29) is 29.2 Å². The molecule has 1 aliphatic rings. The molecule has 4 aromatic rings. The lowest BCUT2D eigenvalue weighted by Gasteiger charge is -2.20. The minimum Gasteiger partial charge on any atom is -0.506 e. The number of fused-ring (bicyclic) bond motifs is 1. The summed E-state index contributed by atoms with van der Waals surface area (Å²) in [5, 5.41) is 17.5. The SMILES string of the molecule is Oc1c(-c2cc(C(F)(F)F)n[nH]2)ccc(OCc2ccc(Cl)cc2)c1-c1ccc2c(c1)OCCO2. The minimum atomic E-state index is -4.62. The molecular formula is C25H18ClF3N2O4. The molecule has 5 rings (SSSR count). The van der Waals surface area contributed by atoms with Crippen molar-refractivity contribution in [3.05, 3.63) is 76.9 Å². The number of H-pyrrole nitrogens is 1. The first-order chi connectivity index (χ1) is 16.8. The van der Waals surface area contributed by atoms with E-state index in [0.717, 1.165) is 11.6 Å². The maximum Gasteiger partial charge on any atom is 0.435 e. The van der Waals surface area contributed by atoms with Crippen LogP contribution in [-0.4, -0.2) is 28.5 Å². The molecule has 0 bridgehead atoms. The number of halogens is 4. The topological polar surface area (TPSA) is 76.6 Å². The Bertz CT molecular complexity index is 1370. The number of aromatic nitrogens is 2. The summed E-state index contributed by atoms with van der Waals surface area (Å²) in [5.41, 5.74) is 0.729. The van der Waals surface area contributed by atoms with E-state index in [1.54, 1.807) is 36.4 Å². The van der Waals surface area contributed by atoms with Gasteiger partial charge < -0.3 is 19.3 Å². The molecule has 0 saturated heterocycles. The van der Waals surface area contributed by atoms with Crippen LogP contribution in [-0.2, 0) is 12.8 Å². The summed E-state index contributed by atoms with van der Waals surface area (Å²) in [5.74, 6) is 1.10. The van der Waals surface area contributed by atoms with Crippen LogP contribution in [0.3, 0.4) is 0 Å². The standard InChI is InChI=1S/C25H18ClF3N2O4/c26-16-4-1-14(2-5-16)13-35-20-8-6-17(18-12-22(31-30-18)25(27,28)29)24(32)23(20)15-3-7-19-21(11-15)34-10-9-33-19/h1-8,11-12,32H,9-10,13H2,(H,30,31). The van der Waals surface area contributed by atoms with Crippen LogP contribution < -0.4 is 14.2 Å². The van der Waals surface area contributed by atoms with Gasteiger partial charge in [-0.3, -0.25) is 5.10 Å². The fourth-order valence-electron chi connectivity index (χ4n) is 3.73. The third kappa shape index (κ3) is 4.72. The molecule has 10 heteroatoms. The summed E-state index contributed by atoms with van der Waals surface area (Å²) in [6, 6.07) is 16.1. The van der Waals surface area contributed by atoms with E-state index >= 15 is 0 Å². The monoisotopic (exact) mass is 502 g/mol. The van der Waals surface area contributed by atoms with Crippen LogP contribution in [0.5, 0.6) is 23.0 Å².